The number of carbonyl (C=O) groups excluding carboxylic acids is 2. The highest BCUT2D eigenvalue weighted by atomic mass is 35.5. The predicted octanol–water partition coefficient (Wildman–Crippen LogP) is 1.82. The van der Waals surface area contributed by atoms with E-state index in [-0.39, 0.29) is 41.9 Å². The van der Waals surface area contributed by atoms with Crippen LogP contribution in [-0.4, -0.2) is 66.6 Å². The second-order valence-corrected chi connectivity index (χ2v) is 11.1. The van der Waals surface area contributed by atoms with Gasteiger partial charge in [-0.15, -0.1) is 11.6 Å². The molecule has 6 N–H and O–H groups in total. The van der Waals surface area contributed by atoms with E-state index in [2.05, 4.69) is 0 Å². The number of alkyl halides is 1. The van der Waals surface area contributed by atoms with Crippen LogP contribution in [0.15, 0.2) is 23.8 Å². The third-order valence-electron chi connectivity index (χ3n) is 9.09. The molecule has 192 valence electrons. The lowest BCUT2D eigenvalue weighted by Crippen LogP contribution is -2.69. The Hall–Kier alpha value is -1.58. The quantitative estimate of drug-likeness (QED) is 0.429. The van der Waals surface area contributed by atoms with Crippen molar-refractivity contribution in [2.75, 3.05) is 6.61 Å². The number of Topliss-reactive ketones (excluding diaryl/α,β-unsaturated/α-hetero) is 1. The highest BCUT2D eigenvalue weighted by molar-refractivity contribution is 6.26. The summed E-state index contributed by atoms with van der Waals surface area (Å²) in [4.78, 5) is 32.9. The summed E-state index contributed by atoms with van der Waals surface area (Å²) in [7, 11) is 0. The maximum Gasteiger partial charge on any atom is 0.303 e. The van der Waals surface area contributed by atoms with Gasteiger partial charge in [-0.2, -0.15) is 0 Å². The van der Waals surface area contributed by atoms with Gasteiger partial charge in [-0.1, -0.05) is 39.3 Å². The summed E-state index contributed by atoms with van der Waals surface area (Å²) < 4.78 is 0. The summed E-state index contributed by atoms with van der Waals surface area (Å²) in [5.41, 5.74) is -2.25. The number of carboxylic acid groups (broad SMARTS) is 1. The molecule has 0 radical (unpaired) electrons. The number of hydrogen-bond acceptors (Lipinski definition) is 6. The number of hydrogen-bond donors (Lipinski definition) is 4. The minimum atomic E-state index is -1.68. The third-order valence-corrected chi connectivity index (χ3v) is 10.0. The van der Waals surface area contributed by atoms with Gasteiger partial charge in [0.15, 0.2) is 11.6 Å². The Labute approximate surface area is 205 Å². The van der Waals surface area contributed by atoms with Gasteiger partial charge in [0.05, 0.1) is 11.0 Å². The van der Waals surface area contributed by atoms with Crippen molar-refractivity contribution >= 4 is 29.1 Å². The van der Waals surface area contributed by atoms with Gasteiger partial charge in [-0.3, -0.25) is 14.4 Å². The molecule has 0 aromatic heterocycles. The van der Waals surface area contributed by atoms with Crippen molar-refractivity contribution in [2.24, 2.45) is 28.6 Å². The molecule has 4 rings (SSSR count). The largest absolute Gasteiger partial charge is 0.481 e. The molecule has 4 aliphatic carbocycles. The maximum atomic E-state index is 12.6. The van der Waals surface area contributed by atoms with Crippen molar-refractivity contribution in [2.45, 2.75) is 76.4 Å². The summed E-state index contributed by atoms with van der Waals surface area (Å²) >= 11 is 7.30. The lowest BCUT2D eigenvalue weighted by atomic mass is 9.45. The Morgan fingerprint density at radius 2 is 1.82 bits per heavy atom. The van der Waals surface area contributed by atoms with Crippen LogP contribution in [-0.2, 0) is 14.4 Å². The molecular formula is C25H37ClO8. The van der Waals surface area contributed by atoms with Crippen LogP contribution in [0.2, 0.25) is 0 Å². The van der Waals surface area contributed by atoms with Crippen molar-refractivity contribution in [1.29, 1.82) is 0 Å². The molecule has 0 unspecified atom stereocenters. The Bertz CT molecular complexity index is 915. The SMILES string of the molecule is CCC(=O)O.C[C@H]1C[C@H]2[C@@H]3CCC4=CC(=O)C=C[C@]4(C)[C@@]3(Cl)[C@@H](O)C[C@]2(C)[C@@]1(O)C(=O)CO.O. The predicted molar refractivity (Wildman–Crippen MR) is 126 cm³/mol. The zero-order chi connectivity index (χ0) is 25.0. The first-order valence-corrected chi connectivity index (χ1v) is 12.0. The average molecular weight is 501 g/mol. The molecule has 0 aromatic rings. The van der Waals surface area contributed by atoms with E-state index in [1.54, 1.807) is 13.0 Å². The summed E-state index contributed by atoms with van der Waals surface area (Å²) in [5, 5.41) is 40.1. The highest BCUT2D eigenvalue weighted by Crippen LogP contribution is 2.71. The molecule has 3 saturated carbocycles. The van der Waals surface area contributed by atoms with Gasteiger partial charge in [0.1, 0.15) is 12.2 Å². The molecule has 0 amide bonds. The second-order valence-electron chi connectivity index (χ2n) is 10.5. The Kier molecular flexibility index (Phi) is 7.98. The van der Waals surface area contributed by atoms with Crippen LogP contribution in [0.5, 0.6) is 0 Å². The fourth-order valence-electron chi connectivity index (χ4n) is 7.26. The van der Waals surface area contributed by atoms with Crippen molar-refractivity contribution in [3.8, 4) is 0 Å². The smallest absolute Gasteiger partial charge is 0.303 e. The van der Waals surface area contributed by atoms with E-state index >= 15 is 0 Å². The summed E-state index contributed by atoms with van der Waals surface area (Å²) in [6.07, 6.45) is 6.44. The van der Waals surface area contributed by atoms with Gasteiger partial charge >= 0.3 is 5.97 Å². The second kappa shape index (κ2) is 9.47. The van der Waals surface area contributed by atoms with Crippen LogP contribution in [0.1, 0.15) is 59.8 Å². The summed E-state index contributed by atoms with van der Waals surface area (Å²) in [6.45, 7) is 6.57. The molecular weight excluding hydrogens is 464 g/mol. The number of fused-ring (bicyclic) bond motifs is 5. The molecule has 0 spiro atoms. The maximum absolute atomic E-state index is 12.6. The number of halogens is 1. The molecule has 0 saturated heterocycles. The van der Waals surface area contributed by atoms with Crippen molar-refractivity contribution < 1.29 is 40.3 Å². The first-order valence-electron chi connectivity index (χ1n) is 11.6. The monoisotopic (exact) mass is 500 g/mol. The molecule has 9 heteroatoms. The topological polar surface area (TPSA) is 164 Å². The number of carboxylic acids is 1. The van der Waals surface area contributed by atoms with Crippen LogP contribution in [0, 0.1) is 28.6 Å². The van der Waals surface area contributed by atoms with Crippen LogP contribution >= 0.6 is 11.6 Å². The summed E-state index contributed by atoms with van der Waals surface area (Å²) in [6, 6.07) is 0. The minimum absolute atomic E-state index is 0. The summed E-state index contributed by atoms with van der Waals surface area (Å²) in [5.74, 6) is -1.89. The van der Waals surface area contributed by atoms with E-state index in [1.807, 2.05) is 26.8 Å². The molecule has 34 heavy (non-hydrogen) atoms. The van der Waals surface area contributed by atoms with Crippen LogP contribution < -0.4 is 0 Å². The average Bonchev–Trinajstić information content (AvgIpc) is 2.96. The molecule has 8 atom stereocenters. The normalized spacial score (nSPS) is 44.4. The van der Waals surface area contributed by atoms with E-state index < -0.39 is 45.8 Å². The van der Waals surface area contributed by atoms with Gasteiger partial charge in [0.25, 0.3) is 0 Å². The van der Waals surface area contributed by atoms with Gasteiger partial charge in [0, 0.05) is 17.3 Å². The molecule has 0 heterocycles. The standard InChI is InChI=1S/C22H29ClO5.C3H6O2.H2O/c1-12-8-16-15-5-4-13-9-14(25)6-7-19(13,2)21(15,23)17(26)10-20(16,3)22(12,28)18(27)11-24;1-2-3(4)5;/h6-7,9,12,15-17,24,26,28H,4-5,8,10-11H2,1-3H3;2H2,1H3,(H,4,5);1H2/t12-,15-,16-,17-,19-,20-,21-,22-;;/m0../s1. The first kappa shape index (κ1) is 28.7. The number of aliphatic hydroxyl groups is 3. The Morgan fingerprint density at radius 1 is 1.24 bits per heavy atom. The van der Waals surface area contributed by atoms with Gasteiger partial charge in [-0.05, 0) is 55.6 Å². The lowest BCUT2D eigenvalue weighted by molar-refractivity contribution is -0.179. The van der Waals surface area contributed by atoms with Crippen LogP contribution in [0.4, 0.5) is 0 Å². The van der Waals surface area contributed by atoms with Gasteiger partial charge < -0.3 is 25.9 Å². The molecule has 0 aliphatic heterocycles. The van der Waals surface area contributed by atoms with Gasteiger partial charge in [0.2, 0.25) is 0 Å². The minimum Gasteiger partial charge on any atom is -0.481 e. The third kappa shape index (κ3) is 3.69. The first-order chi connectivity index (χ1) is 15.2. The van der Waals surface area contributed by atoms with Crippen molar-refractivity contribution in [1.82, 2.24) is 0 Å². The number of ketones is 2. The number of aliphatic hydroxyl groups excluding tert-OH is 2. The molecule has 8 nitrogen and oxygen atoms in total. The molecule has 0 bridgehead atoms. The molecule has 0 aromatic carbocycles. The van der Waals surface area contributed by atoms with Gasteiger partial charge in [-0.25, -0.2) is 0 Å². The van der Waals surface area contributed by atoms with Crippen molar-refractivity contribution in [3.63, 3.8) is 0 Å². The fourth-order valence-corrected chi connectivity index (χ4v) is 7.78. The fraction of sp³-hybridized carbons (Fsp3) is 0.720. The van der Waals surface area contributed by atoms with Crippen molar-refractivity contribution in [3.05, 3.63) is 23.8 Å². The zero-order valence-electron chi connectivity index (χ0n) is 20.2. The number of aliphatic carboxylic acids is 1. The van der Waals surface area contributed by atoms with Crippen LogP contribution in [0.3, 0.4) is 0 Å². The van der Waals surface area contributed by atoms with E-state index in [1.165, 1.54) is 6.08 Å². The Morgan fingerprint density at radius 3 is 2.35 bits per heavy atom. The number of rotatable bonds is 3. The number of carbonyl (C=O) groups is 3. The Balaban J connectivity index is 0.000000619. The molecule has 3 fully saturated rings. The zero-order valence-corrected chi connectivity index (χ0v) is 20.9. The lowest BCUT2D eigenvalue weighted by Gasteiger charge is -2.63. The molecule has 4 aliphatic rings. The highest BCUT2D eigenvalue weighted by Gasteiger charge is 2.74. The van der Waals surface area contributed by atoms with E-state index in [0.29, 0.717) is 19.3 Å². The van der Waals surface area contributed by atoms with E-state index in [4.69, 9.17) is 16.7 Å². The van der Waals surface area contributed by atoms with E-state index in [9.17, 15) is 29.7 Å². The van der Waals surface area contributed by atoms with Crippen LogP contribution in [0.25, 0.3) is 0 Å². The number of allylic oxidation sites excluding steroid dienone is 4. The van der Waals surface area contributed by atoms with E-state index in [0.717, 1.165) is 5.57 Å².